The van der Waals surface area contributed by atoms with Crippen molar-refractivity contribution in [3.63, 3.8) is 0 Å². The van der Waals surface area contributed by atoms with Gasteiger partial charge in [-0.15, -0.1) is 0 Å². The summed E-state index contributed by atoms with van der Waals surface area (Å²) >= 11 is 0. The lowest BCUT2D eigenvalue weighted by Crippen LogP contribution is -2.35. The molecule has 0 fully saturated rings. The largest absolute Gasteiger partial charge is 0.392 e. The smallest absolute Gasteiger partial charge is 0.0667 e. The van der Waals surface area contributed by atoms with Crippen molar-refractivity contribution < 1.29 is 5.11 Å². The molecule has 0 saturated carbocycles. The molecule has 0 aromatic heterocycles. The zero-order valence-corrected chi connectivity index (χ0v) is 21.1. The van der Waals surface area contributed by atoms with E-state index in [2.05, 4.69) is 17.1 Å². The Hall–Kier alpha value is -0.200. The number of aliphatic hydroxyl groups excluding tert-OH is 1. The third kappa shape index (κ3) is 24.3. The minimum atomic E-state index is -0.191. The monoisotopic (exact) mass is 442 g/mol. The Morgan fingerprint density at radius 2 is 1.16 bits per heavy atom. The lowest BCUT2D eigenvalue weighted by Gasteiger charge is -2.25. The molecular weight excluding hydrogens is 384 g/mol. The van der Waals surface area contributed by atoms with Crippen LogP contribution in [0.15, 0.2) is 0 Å². The maximum atomic E-state index is 10.5. The maximum Gasteiger partial charge on any atom is 0.0667 e. The average molecular weight is 443 g/mol. The molecule has 188 valence electrons. The number of nitrogens with zero attached hydrogens (tertiary/aromatic N) is 1. The van der Waals surface area contributed by atoms with Crippen LogP contribution in [-0.2, 0) is 0 Å². The van der Waals surface area contributed by atoms with E-state index in [1.807, 2.05) is 0 Å². The molecule has 31 heavy (non-hydrogen) atoms. The molecule has 0 bridgehead atoms. The number of aliphatic hydroxyl groups is 1. The maximum absolute atomic E-state index is 10.5. The molecule has 0 aliphatic carbocycles. The molecule has 1 atom stereocenters. The van der Waals surface area contributed by atoms with Gasteiger partial charge in [-0.05, 0) is 71.4 Å². The molecule has 0 aromatic carbocycles. The first-order valence-corrected chi connectivity index (χ1v) is 13.8. The molecule has 5 heteroatoms. The van der Waals surface area contributed by atoms with Gasteiger partial charge in [0.15, 0.2) is 0 Å². The van der Waals surface area contributed by atoms with Gasteiger partial charge in [0.2, 0.25) is 0 Å². The Bertz CT molecular complexity index is 331. The van der Waals surface area contributed by atoms with Crippen LogP contribution in [0, 0.1) is 0 Å². The van der Waals surface area contributed by atoms with Crippen LogP contribution in [-0.4, -0.2) is 61.9 Å². The normalized spacial score (nSPS) is 12.7. The van der Waals surface area contributed by atoms with E-state index in [1.54, 1.807) is 0 Å². The van der Waals surface area contributed by atoms with E-state index in [0.717, 1.165) is 71.5 Å². The third-order valence-corrected chi connectivity index (χ3v) is 6.17. The van der Waals surface area contributed by atoms with Gasteiger partial charge in [0.25, 0.3) is 0 Å². The number of nitrogens with two attached hydrogens (primary N) is 2. The van der Waals surface area contributed by atoms with Crippen LogP contribution in [0.5, 0.6) is 0 Å². The highest BCUT2D eigenvalue weighted by atomic mass is 16.3. The Morgan fingerprint density at radius 3 is 1.74 bits per heavy atom. The summed E-state index contributed by atoms with van der Waals surface area (Å²) in [6.07, 6.45) is 21.5. The van der Waals surface area contributed by atoms with Gasteiger partial charge in [-0.3, -0.25) is 0 Å². The van der Waals surface area contributed by atoms with Crippen molar-refractivity contribution in [1.29, 1.82) is 0 Å². The third-order valence-electron chi connectivity index (χ3n) is 6.17. The average Bonchev–Trinajstić information content (AvgIpc) is 2.77. The Morgan fingerprint density at radius 1 is 0.645 bits per heavy atom. The van der Waals surface area contributed by atoms with Gasteiger partial charge in [-0.1, -0.05) is 84.0 Å². The van der Waals surface area contributed by atoms with Crippen LogP contribution in [0.3, 0.4) is 0 Å². The number of hydrogen-bond acceptors (Lipinski definition) is 5. The lowest BCUT2D eigenvalue weighted by molar-refractivity contribution is 0.101. The summed E-state index contributed by atoms with van der Waals surface area (Å²) in [7, 11) is 0. The fourth-order valence-electron chi connectivity index (χ4n) is 4.16. The minimum Gasteiger partial charge on any atom is -0.392 e. The number of unbranched alkanes of at least 4 members (excludes halogenated alkanes) is 12. The quantitative estimate of drug-likeness (QED) is 0.144. The second-order valence-corrected chi connectivity index (χ2v) is 9.37. The SMILES string of the molecule is CCCCCCCCCCCCCCC(O)CN(CCCN)CCCCNCCCN. The molecular formula is C26H58N4O. The molecule has 6 N–H and O–H groups in total. The van der Waals surface area contributed by atoms with Gasteiger partial charge < -0.3 is 26.8 Å². The van der Waals surface area contributed by atoms with Crippen molar-refractivity contribution in [1.82, 2.24) is 10.2 Å². The predicted octanol–water partition coefficient (Wildman–Crippen LogP) is 4.81. The number of rotatable bonds is 26. The predicted molar refractivity (Wildman–Crippen MR) is 138 cm³/mol. The Balaban J connectivity index is 3.63. The lowest BCUT2D eigenvalue weighted by atomic mass is 10.0. The first kappa shape index (κ1) is 30.8. The van der Waals surface area contributed by atoms with Crippen LogP contribution in [0.1, 0.15) is 116 Å². The molecule has 0 amide bonds. The number of nitrogens with one attached hydrogen (secondary N) is 1. The summed E-state index contributed by atoms with van der Waals surface area (Å²) in [5, 5.41) is 13.9. The van der Waals surface area contributed by atoms with Gasteiger partial charge in [-0.25, -0.2) is 0 Å². The van der Waals surface area contributed by atoms with E-state index in [4.69, 9.17) is 11.5 Å². The topological polar surface area (TPSA) is 87.5 Å². The molecule has 1 unspecified atom stereocenters. The molecule has 0 heterocycles. The fraction of sp³-hybridized carbons (Fsp3) is 1.00. The highest BCUT2D eigenvalue weighted by Crippen LogP contribution is 2.13. The highest BCUT2D eigenvalue weighted by molar-refractivity contribution is 4.66. The minimum absolute atomic E-state index is 0.191. The van der Waals surface area contributed by atoms with Crippen LogP contribution in [0.2, 0.25) is 0 Å². The van der Waals surface area contributed by atoms with Crippen LogP contribution < -0.4 is 16.8 Å². The van der Waals surface area contributed by atoms with E-state index >= 15 is 0 Å². The summed E-state index contributed by atoms with van der Waals surface area (Å²) in [5.41, 5.74) is 11.2. The molecule has 0 aromatic rings. The van der Waals surface area contributed by atoms with E-state index in [0.29, 0.717) is 0 Å². The molecule has 0 aliphatic heterocycles. The summed E-state index contributed by atoms with van der Waals surface area (Å²) in [4.78, 5) is 2.41. The summed E-state index contributed by atoms with van der Waals surface area (Å²) in [5.74, 6) is 0. The van der Waals surface area contributed by atoms with Gasteiger partial charge in [0.1, 0.15) is 0 Å². The number of hydrogen-bond donors (Lipinski definition) is 4. The van der Waals surface area contributed by atoms with Crippen LogP contribution in [0.25, 0.3) is 0 Å². The molecule has 0 aliphatic rings. The zero-order chi connectivity index (χ0) is 22.8. The highest BCUT2D eigenvalue weighted by Gasteiger charge is 2.11. The van der Waals surface area contributed by atoms with Crippen molar-refractivity contribution in [3.05, 3.63) is 0 Å². The van der Waals surface area contributed by atoms with Crippen LogP contribution >= 0.6 is 0 Å². The van der Waals surface area contributed by atoms with Crippen molar-refractivity contribution >= 4 is 0 Å². The van der Waals surface area contributed by atoms with E-state index < -0.39 is 0 Å². The van der Waals surface area contributed by atoms with Gasteiger partial charge in [0.05, 0.1) is 6.10 Å². The Labute approximate surface area is 195 Å². The first-order valence-electron chi connectivity index (χ1n) is 13.8. The summed E-state index contributed by atoms with van der Waals surface area (Å²) in [6, 6.07) is 0. The summed E-state index contributed by atoms with van der Waals surface area (Å²) in [6.45, 7) is 8.72. The van der Waals surface area contributed by atoms with E-state index in [1.165, 1.54) is 83.5 Å². The van der Waals surface area contributed by atoms with Crippen molar-refractivity contribution in [2.45, 2.75) is 122 Å². The fourth-order valence-corrected chi connectivity index (χ4v) is 4.16. The van der Waals surface area contributed by atoms with Gasteiger partial charge >= 0.3 is 0 Å². The first-order chi connectivity index (χ1) is 15.2. The van der Waals surface area contributed by atoms with Gasteiger partial charge in [-0.2, -0.15) is 0 Å². The van der Waals surface area contributed by atoms with Crippen molar-refractivity contribution in [3.8, 4) is 0 Å². The van der Waals surface area contributed by atoms with Crippen molar-refractivity contribution in [2.75, 3.05) is 45.8 Å². The molecule has 0 spiro atoms. The van der Waals surface area contributed by atoms with Gasteiger partial charge in [0, 0.05) is 6.54 Å². The second kappa shape index (κ2) is 26.1. The Kier molecular flexibility index (Phi) is 25.9. The molecule has 0 saturated heterocycles. The van der Waals surface area contributed by atoms with Crippen LogP contribution in [0.4, 0.5) is 0 Å². The molecule has 5 nitrogen and oxygen atoms in total. The standard InChI is InChI=1S/C26H58N4O/c1-2-3-4-5-6-7-8-9-10-11-12-13-18-26(31)25-30(24-17-20-28)23-15-14-21-29-22-16-19-27/h26,29,31H,2-25,27-28H2,1H3. The summed E-state index contributed by atoms with van der Waals surface area (Å²) < 4.78 is 0. The second-order valence-electron chi connectivity index (χ2n) is 9.37. The molecule has 0 radical (unpaired) electrons. The molecule has 0 rings (SSSR count). The van der Waals surface area contributed by atoms with E-state index in [9.17, 15) is 5.11 Å². The van der Waals surface area contributed by atoms with Crippen molar-refractivity contribution in [2.24, 2.45) is 11.5 Å². The zero-order valence-electron chi connectivity index (χ0n) is 21.1. The van der Waals surface area contributed by atoms with E-state index in [-0.39, 0.29) is 6.10 Å².